The van der Waals surface area contributed by atoms with Crippen LogP contribution in [0.3, 0.4) is 0 Å². The number of halogens is 4. The van der Waals surface area contributed by atoms with Crippen LogP contribution in [0.5, 0.6) is 0 Å². The maximum atomic E-state index is 13.3. The van der Waals surface area contributed by atoms with E-state index in [2.05, 4.69) is 10.0 Å². The second-order valence-corrected chi connectivity index (χ2v) is 9.59. The quantitative estimate of drug-likeness (QED) is 0.689. The fourth-order valence-corrected chi connectivity index (χ4v) is 4.17. The highest BCUT2D eigenvalue weighted by Gasteiger charge is 2.67. The zero-order valence-corrected chi connectivity index (χ0v) is 16.2. The minimum Gasteiger partial charge on any atom is -0.326 e. The predicted octanol–water partition coefficient (Wildman–Crippen LogP) is 4.29. The summed E-state index contributed by atoms with van der Waals surface area (Å²) in [5.74, 6) is -2.75. The number of amides is 1. The van der Waals surface area contributed by atoms with Gasteiger partial charge in [0.15, 0.2) is 11.6 Å². The highest BCUT2D eigenvalue weighted by Crippen LogP contribution is 2.64. The minimum absolute atomic E-state index is 0.180. The highest BCUT2D eigenvalue weighted by molar-refractivity contribution is 7.92. The summed E-state index contributed by atoms with van der Waals surface area (Å²) in [5, 5.41) is 2.66. The van der Waals surface area contributed by atoms with Crippen molar-refractivity contribution in [2.75, 3.05) is 10.0 Å². The van der Waals surface area contributed by atoms with E-state index in [4.69, 9.17) is 23.2 Å². The van der Waals surface area contributed by atoms with Crippen LogP contribution in [0.1, 0.15) is 13.3 Å². The predicted molar refractivity (Wildman–Crippen MR) is 99.4 cm³/mol. The number of benzene rings is 2. The molecule has 0 aromatic heterocycles. The first-order valence-electron chi connectivity index (χ1n) is 7.72. The molecule has 27 heavy (non-hydrogen) atoms. The second kappa shape index (κ2) is 6.61. The number of carbonyl (C=O) groups is 1. The van der Waals surface area contributed by atoms with Gasteiger partial charge in [-0.2, -0.15) is 0 Å². The first-order chi connectivity index (χ1) is 12.4. The third kappa shape index (κ3) is 3.88. The number of sulfonamides is 1. The number of anilines is 2. The van der Waals surface area contributed by atoms with Gasteiger partial charge < -0.3 is 5.32 Å². The van der Waals surface area contributed by atoms with E-state index in [1.54, 1.807) is 6.92 Å². The summed E-state index contributed by atoms with van der Waals surface area (Å²) in [6, 6.07) is 8.07. The van der Waals surface area contributed by atoms with Crippen molar-refractivity contribution in [3.63, 3.8) is 0 Å². The van der Waals surface area contributed by atoms with E-state index in [1.807, 2.05) is 0 Å². The van der Waals surface area contributed by atoms with Gasteiger partial charge in [-0.3, -0.25) is 9.52 Å². The molecule has 0 radical (unpaired) electrons. The normalized spacial score (nSPS) is 20.8. The van der Waals surface area contributed by atoms with E-state index < -0.39 is 36.3 Å². The summed E-state index contributed by atoms with van der Waals surface area (Å²) in [5.41, 5.74) is -0.282. The number of carbonyl (C=O) groups excluding carboxylic acids is 1. The third-order valence-corrected chi connectivity index (χ3v) is 6.84. The first-order valence-corrected chi connectivity index (χ1v) is 9.96. The Hall–Kier alpha value is -1.90. The van der Waals surface area contributed by atoms with Gasteiger partial charge in [-0.15, -0.1) is 23.2 Å². The molecular formula is C17H14Cl2F2N2O3S. The lowest BCUT2D eigenvalue weighted by molar-refractivity contribution is -0.120. The van der Waals surface area contributed by atoms with Crippen molar-refractivity contribution in [3.8, 4) is 0 Å². The average molecular weight is 435 g/mol. The van der Waals surface area contributed by atoms with Crippen LogP contribution in [0.25, 0.3) is 0 Å². The van der Waals surface area contributed by atoms with Gasteiger partial charge in [-0.05, 0) is 55.8 Å². The van der Waals surface area contributed by atoms with Crippen LogP contribution >= 0.6 is 23.2 Å². The van der Waals surface area contributed by atoms with E-state index in [0.717, 1.165) is 12.1 Å². The molecule has 1 fully saturated rings. The molecule has 1 atom stereocenters. The fourth-order valence-electron chi connectivity index (χ4n) is 2.39. The first kappa shape index (κ1) is 19.9. The molecule has 1 amide bonds. The molecule has 1 aliphatic rings. The summed E-state index contributed by atoms with van der Waals surface area (Å²) in [6.07, 6.45) is 0.334. The van der Waals surface area contributed by atoms with Gasteiger partial charge in [0.25, 0.3) is 10.0 Å². The molecule has 1 saturated carbocycles. The van der Waals surface area contributed by atoms with Crippen LogP contribution in [-0.4, -0.2) is 18.7 Å². The molecule has 10 heteroatoms. The van der Waals surface area contributed by atoms with Gasteiger partial charge in [0.1, 0.15) is 4.33 Å². The SMILES string of the molecule is CC1(C(=O)Nc2ccc(NS(=O)(=O)c3ccc(F)c(F)c3)cc2)CC1(Cl)Cl. The average Bonchev–Trinajstić information content (AvgIpc) is 3.11. The third-order valence-electron chi connectivity index (χ3n) is 4.36. The minimum atomic E-state index is -4.10. The van der Waals surface area contributed by atoms with Gasteiger partial charge in [-0.25, -0.2) is 17.2 Å². The lowest BCUT2D eigenvalue weighted by atomic mass is 10.1. The molecule has 0 spiro atoms. The zero-order chi connectivity index (χ0) is 20.0. The lowest BCUT2D eigenvalue weighted by Crippen LogP contribution is -2.25. The molecule has 1 aliphatic carbocycles. The van der Waals surface area contributed by atoms with Crippen molar-refractivity contribution in [3.05, 3.63) is 54.1 Å². The highest BCUT2D eigenvalue weighted by atomic mass is 35.5. The summed E-state index contributed by atoms with van der Waals surface area (Å²) in [7, 11) is -4.10. The molecular weight excluding hydrogens is 421 g/mol. The molecule has 0 heterocycles. The molecule has 3 rings (SSSR count). The second-order valence-electron chi connectivity index (χ2n) is 6.43. The molecule has 144 valence electrons. The number of alkyl halides is 2. The Balaban J connectivity index is 1.70. The van der Waals surface area contributed by atoms with Gasteiger partial charge in [0.2, 0.25) is 5.91 Å². The summed E-state index contributed by atoms with van der Waals surface area (Å²) in [4.78, 5) is 11.8. The Morgan fingerprint density at radius 1 is 1.04 bits per heavy atom. The van der Waals surface area contributed by atoms with Crippen molar-refractivity contribution in [2.24, 2.45) is 5.41 Å². The molecule has 0 aliphatic heterocycles. The van der Waals surface area contributed by atoms with Gasteiger partial charge in [-0.1, -0.05) is 0 Å². The number of hydrogen-bond acceptors (Lipinski definition) is 3. The molecule has 0 bridgehead atoms. The van der Waals surface area contributed by atoms with Crippen LogP contribution in [0.4, 0.5) is 20.2 Å². The Kier molecular flexibility index (Phi) is 4.86. The standard InChI is InChI=1S/C17H14Cl2F2N2O3S/c1-16(9-17(16,18)19)15(24)22-10-2-4-11(5-3-10)23-27(25,26)12-6-7-13(20)14(21)8-12/h2-8,23H,9H2,1H3,(H,22,24). The number of rotatable bonds is 5. The summed E-state index contributed by atoms with van der Waals surface area (Å²) in [6.45, 7) is 1.65. The van der Waals surface area contributed by atoms with E-state index in [1.165, 1.54) is 24.3 Å². The van der Waals surface area contributed by atoms with Gasteiger partial charge in [0.05, 0.1) is 10.3 Å². The monoisotopic (exact) mass is 434 g/mol. The van der Waals surface area contributed by atoms with E-state index in [-0.39, 0.29) is 11.6 Å². The Bertz CT molecular complexity index is 1010. The smallest absolute Gasteiger partial charge is 0.261 e. The van der Waals surface area contributed by atoms with Crippen molar-refractivity contribution in [1.29, 1.82) is 0 Å². The molecule has 1 unspecified atom stereocenters. The largest absolute Gasteiger partial charge is 0.326 e. The van der Waals surface area contributed by atoms with E-state index in [0.29, 0.717) is 18.2 Å². The summed E-state index contributed by atoms with van der Waals surface area (Å²) < 4.78 is 51.8. The fraction of sp³-hybridized carbons (Fsp3) is 0.235. The molecule has 2 aromatic carbocycles. The van der Waals surface area contributed by atoms with Crippen LogP contribution in [0.15, 0.2) is 47.4 Å². The Labute approximate surface area is 164 Å². The van der Waals surface area contributed by atoms with Crippen LogP contribution < -0.4 is 10.0 Å². The topological polar surface area (TPSA) is 75.3 Å². The van der Waals surface area contributed by atoms with Crippen molar-refractivity contribution in [2.45, 2.75) is 22.6 Å². The maximum Gasteiger partial charge on any atom is 0.261 e. The zero-order valence-electron chi connectivity index (χ0n) is 13.9. The molecule has 2 N–H and O–H groups in total. The van der Waals surface area contributed by atoms with E-state index >= 15 is 0 Å². The van der Waals surface area contributed by atoms with Crippen molar-refractivity contribution in [1.82, 2.24) is 0 Å². The van der Waals surface area contributed by atoms with E-state index in [9.17, 15) is 22.0 Å². The van der Waals surface area contributed by atoms with Crippen LogP contribution in [0, 0.1) is 17.0 Å². The number of hydrogen-bond donors (Lipinski definition) is 2. The molecule has 5 nitrogen and oxygen atoms in total. The van der Waals surface area contributed by atoms with Crippen molar-refractivity contribution >= 4 is 50.5 Å². The number of nitrogens with one attached hydrogen (secondary N) is 2. The van der Waals surface area contributed by atoms with Gasteiger partial charge in [0, 0.05) is 11.4 Å². The van der Waals surface area contributed by atoms with Crippen molar-refractivity contribution < 1.29 is 22.0 Å². The Morgan fingerprint density at radius 2 is 1.59 bits per heavy atom. The summed E-state index contributed by atoms with van der Waals surface area (Å²) >= 11 is 11.9. The lowest BCUT2D eigenvalue weighted by Gasteiger charge is -2.13. The maximum absolute atomic E-state index is 13.3. The molecule has 0 saturated heterocycles. The van der Waals surface area contributed by atoms with Gasteiger partial charge >= 0.3 is 0 Å². The molecule has 2 aromatic rings. The Morgan fingerprint density at radius 3 is 2.11 bits per heavy atom. The van der Waals surface area contributed by atoms with Crippen LogP contribution in [0.2, 0.25) is 0 Å². The van der Waals surface area contributed by atoms with Crippen LogP contribution in [-0.2, 0) is 14.8 Å².